The maximum atomic E-state index is 12.0. The van der Waals surface area contributed by atoms with Crippen LogP contribution in [0.15, 0.2) is 24.5 Å². The predicted molar refractivity (Wildman–Crippen MR) is 69.7 cm³/mol. The molecule has 100 valence electrons. The van der Waals surface area contributed by atoms with Crippen molar-refractivity contribution in [1.29, 1.82) is 0 Å². The molecule has 2 heterocycles. The van der Waals surface area contributed by atoms with Crippen molar-refractivity contribution < 1.29 is 9.90 Å². The number of likely N-dealkylation sites (tertiary alicyclic amines) is 1. The first kappa shape index (κ1) is 14.6. The van der Waals surface area contributed by atoms with Gasteiger partial charge in [0.15, 0.2) is 0 Å². The summed E-state index contributed by atoms with van der Waals surface area (Å²) in [5.74, 6) is -0.174. The Bertz CT molecular complexity index is 377. The summed E-state index contributed by atoms with van der Waals surface area (Å²) in [6.45, 7) is 1.49. The normalized spacial score (nSPS) is 18.0. The standard InChI is InChI=1S/C12H17N3O2.CH4/c13-10(12(17)15-7-1-2-8-15)11(16)9-3-5-14-6-4-9;/h3-6,10-11,16H,1-2,7-8,13H2;1H4. The SMILES string of the molecule is C.NC(C(=O)N1CCCC1)C(O)c1ccncc1. The summed E-state index contributed by atoms with van der Waals surface area (Å²) in [5.41, 5.74) is 6.44. The summed E-state index contributed by atoms with van der Waals surface area (Å²) < 4.78 is 0. The molecule has 0 spiro atoms. The molecule has 18 heavy (non-hydrogen) atoms. The number of nitrogens with zero attached hydrogens (tertiary/aromatic N) is 2. The number of aromatic nitrogens is 1. The number of rotatable bonds is 3. The van der Waals surface area contributed by atoms with Crippen molar-refractivity contribution in [3.63, 3.8) is 0 Å². The van der Waals surface area contributed by atoms with E-state index < -0.39 is 12.1 Å². The van der Waals surface area contributed by atoms with E-state index in [0.29, 0.717) is 5.56 Å². The lowest BCUT2D eigenvalue weighted by Gasteiger charge is -2.23. The van der Waals surface area contributed by atoms with E-state index in [9.17, 15) is 9.90 Å². The van der Waals surface area contributed by atoms with Crippen LogP contribution in [0.1, 0.15) is 31.9 Å². The number of carbonyl (C=O) groups is 1. The minimum atomic E-state index is -0.967. The van der Waals surface area contributed by atoms with Gasteiger partial charge in [-0.15, -0.1) is 0 Å². The van der Waals surface area contributed by atoms with Gasteiger partial charge >= 0.3 is 0 Å². The summed E-state index contributed by atoms with van der Waals surface area (Å²) in [7, 11) is 0. The van der Waals surface area contributed by atoms with E-state index in [1.165, 1.54) is 0 Å². The lowest BCUT2D eigenvalue weighted by Crippen LogP contribution is -2.45. The monoisotopic (exact) mass is 251 g/mol. The first-order valence-corrected chi connectivity index (χ1v) is 5.82. The van der Waals surface area contributed by atoms with Gasteiger partial charge in [-0.2, -0.15) is 0 Å². The van der Waals surface area contributed by atoms with Gasteiger partial charge in [-0.05, 0) is 30.5 Å². The zero-order valence-electron chi connectivity index (χ0n) is 9.62. The van der Waals surface area contributed by atoms with Gasteiger partial charge in [0.05, 0.1) is 0 Å². The summed E-state index contributed by atoms with van der Waals surface area (Å²) in [6.07, 6.45) is 4.22. The van der Waals surface area contributed by atoms with Gasteiger partial charge in [0.2, 0.25) is 5.91 Å². The van der Waals surface area contributed by atoms with Crippen molar-refractivity contribution in [1.82, 2.24) is 9.88 Å². The van der Waals surface area contributed by atoms with Crippen molar-refractivity contribution in [2.24, 2.45) is 5.73 Å². The fourth-order valence-corrected chi connectivity index (χ4v) is 2.05. The highest BCUT2D eigenvalue weighted by molar-refractivity contribution is 5.82. The number of aliphatic hydroxyl groups is 1. The topological polar surface area (TPSA) is 79.5 Å². The predicted octanol–water partition coefficient (Wildman–Crippen LogP) is 0.701. The highest BCUT2D eigenvalue weighted by Crippen LogP contribution is 2.18. The smallest absolute Gasteiger partial charge is 0.242 e. The van der Waals surface area contributed by atoms with Crippen LogP contribution in [-0.2, 0) is 4.79 Å². The Morgan fingerprint density at radius 2 is 1.89 bits per heavy atom. The second-order valence-electron chi connectivity index (χ2n) is 4.28. The van der Waals surface area contributed by atoms with Crippen LogP contribution in [-0.4, -0.2) is 40.0 Å². The molecule has 1 saturated heterocycles. The lowest BCUT2D eigenvalue weighted by atomic mass is 10.0. The third-order valence-corrected chi connectivity index (χ3v) is 3.09. The maximum absolute atomic E-state index is 12.0. The molecule has 5 heteroatoms. The number of hydrogen-bond donors (Lipinski definition) is 2. The Morgan fingerprint density at radius 1 is 1.33 bits per heavy atom. The van der Waals surface area contributed by atoms with Crippen molar-refractivity contribution in [3.05, 3.63) is 30.1 Å². The Hall–Kier alpha value is -1.46. The zero-order valence-corrected chi connectivity index (χ0v) is 9.62. The van der Waals surface area contributed by atoms with Gasteiger partial charge in [0, 0.05) is 25.5 Å². The van der Waals surface area contributed by atoms with E-state index in [2.05, 4.69) is 4.98 Å². The van der Waals surface area contributed by atoms with Gasteiger partial charge in [0.25, 0.3) is 0 Å². The largest absolute Gasteiger partial charge is 0.386 e. The van der Waals surface area contributed by atoms with E-state index in [1.807, 2.05) is 0 Å². The van der Waals surface area contributed by atoms with E-state index in [0.717, 1.165) is 25.9 Å². The molecule has 1 amide bonds. The summed E-state index contributed by atoms with van der Waals surface area (Å²) in [5, 5.41) is 10.0. The molecule has 0 saturated carbocycles. The van der Waals surface area contributed by atoms with Crippen molar-refractivity contribution in [2.75, 3.05) is 13.1 Å². The quantitative estimate of drug-likeness (QED) is 0.829. The summed E-state index contributed by atoms with van der Waals surface area (Å²) in [6, 6.07) is 2.44. The molecule has 0 aromatic carbocycles. The summed E-state index contributed by atoms with van der Waals surface area (Å²) in [4.78, 5) is 17.6. The number of carbonyl (C=O) groups excluding carboxylic acids is 1. The molecule has 1 aromatic rings. The first-order valence-electron chi connectivity index (χ1n) is 5.82. The average molecular weight is 251 g/mol. The van der Waals surface area contributed by atoms with Crippen LogP contribution < -0.4 is 5.73 Å². The number of amides is 1. The van der Waals surface area contributed by atoms with Gasteiger partial charge in [-0.1, -0.05) is 7.43 Å². The van der Waals surface area contributed by atoms with Crippen LogP contribution in [0.2, 0.25) is 0 Å². The molecule has 1 aliphatic heterocycles. The van der Waals surface area contributed by atoms with Crippen molar-refractivity contribution >= 4 is 5.91 Å². The molecule has 5 nitrogen and oxygen atoms in total. The minimum absolute atomic E-state index is 0. The lowest BCUT2D eigenvalue weighted by molar-refractivity contribution is -0.134. The molecule has 2 atom stereocenters. The Kier molecular flexibility index (Phi) is 5.25. The van der Waals surface area contributed by atoms with Crippen LogP contribution in [0.25, 0.3) is 0 Å². The minimum Gasteiger partial charge on any atom is -0.386 e. The number of hydrogen-bond acceptors (Lipinski definition) is 4. The Morgan fingerprint density at radius 3 is 2.44 bits per heavy atom. The Labute approximate surface area is 108 Å². The van der Waals surface area contributed by atoms with Crippen LogP contribution in [0, 0.1) is 0 Å². The fourth-order valence-electron chi connectivity index (χ4n) is 2.05. The summed E-state index contributed by atoms with van der Waals surface area (Å²) >= 11 is 0. The van der Waals surface area contributed by atoms with Gasteiger partial charge in [-0.25, -0.2) is 0 Å². The van der Waals surface area contributed by atoms with Crippen LogP contribution in [0.4, 0.5) is 0 Å². The van der Waals surface area contributed by atoms with E-state index in [1.54, 1.807) is 29.4 Å². The number of nitrogens with two attached hydrogens (primary N) is 1. The van der Waals surface area contributed by atoms with Gasteiger partial charge < -0.3 is 15.7 Å². The molecule has 1 aromatic heterocycles. The molecule has 0 bridgehead atoms. The zero-order chi connectivity index (χ0) is 12.3. The molecule has 1 aliphatic rings. The molecule has 1 fully saturated rings. The van der Waals surface area contributed by atoms with E-state index in [4.69, 9.17) is 5.73 Å². The number of pyridine rings is 1. The molecular weight excluding hydrogens is 230 g/mol. The fraction of sp³-hybridized carbons (Fsp3) is 0.538. The van der Waals surface area contributed by atoms with Crippen LogP contribution in [0.5, 0.6) is 0 Å². The molecule has 2 unspecified atom stereocenters. The highest BCUT2D eigenvalue weighted by Gasteiger charge is 2.29. The molecule has 0 aliphatic carbocycles. The van der Waals surface area contributed by atoms with E-state index in [-0.39, 0.29) is 13.3 Å². The second kappa shape index (κ2) is 6.47. The molecular formula is C13H21N3O2. The van der Waals surface area contributed by atoms with E-state index >= 15 is 0 Å². The first-order chi connectivity index (χ1) is 8.20. The Balaban J connectivity index is 0.00000162. The second-order valence-corrected chi connectivity index (χ2v) is 4.28. The molecule has 2 rings (SSSR count). The molecule has 3 N–H and O–H groups in total. The third-order valence-electron chi connectivity index (χ3n) is 3.09. The maximum Gasteiger partial charge on any atom is 0.242 e. The van der Waals surface area contributed by atoms with Crippen molar-refractivity contribution in [3.8, 4) is 0 Å². The average Bonchev–Trinajstić information content (AvgIpc) is 2.91. The van der Waals surface area contributed by atoms with Gasteiger partial charge in [-0.3, -0.25) is 9.78 Å². The van der Waals surface area contributed by atoms with Gasteiger partial charge in [0.1, 0.15) is 12.1 Å². The van der Waals surface area contributed by atoms with Crippen molar-refractivity contribution in [2.45, 2.75) is 32.4 Å². The van der Waals surface area contributed by atoms with Crippen LogP contribution >= 0.6 is 0 Å². The number of aliphatic hydroxyl groups excluding tert-OH is 1. The third kappa shape index (κ3) is 3.05. The highest BCUT2D eigenvalue weighted by atomic mass is 16.3. The molecule has 0 radical (unpaired) electrons. The van der Waals surface area contributed by atoms with Crippen LogP contribution in [0.3, 0.4) is 0 Å².